The number of ether oxygens (including phenoxy) is 3. The number of hydrogen-bond donors (Lipinski definition) is 0. The summed E-state index contributed by atoms with van der Waals surface area (Å²) < 4.78 is 19.2. The first-order valence-electron chi connectivity index (χ1n) is 14.0. The van der Waals surface area contributed by atoms with E-state index in [1.54, 1.807) is 7.11 Å². The highest BCUT2D eigenvalue weighted by atomic mass is 16.6. The number of fused-ring (bicyclic) bond motifs is 3. The van der Waals surface area contributed by atoms with Gasteiger partial charge in [-0.1, -0.05) is 0 Å². The van der Waals surface area contributed by atoms with Gasteiger partial charge in [0.2, 0.25) is 5.95 Å². The van der Waals surface area contributed by atoms with Crippen molar-refractivity contribution >= 4 is 23.2 Å². The number of methoxy groups -OCH3 is 1. The molecule has 3 aliphatic rings. The van der Waals surface area contributed by atoms with Crippen LogP contribution in [0.25, 0.3) is 22.4 Å². The van der Waals surface area contributed by atoms with Crippen LogP contribution in [0.5, 0.6) is 5.75 Å². The normalized spacial score (nSPS) is 23.6. The number of amides is 1. The van der Waals surface area contributed by atoms with E-state index in [2.05, 4.69) is 9.47 Å². The summed E-state index contributed by atoms with van der Waals surface area (Å²) in [6.45, 7) is 9.43. The van der Waals surface area contributed by atoms with E-state index in [4.69, 9.17) is 29.2 Å². The second-order valence-corrected chi connectivity index (χ2v) is 12.0. The molecule has 3 saturated heterocycles. The maximum Gasteiger partial charge on any atom is 0.410 e. The van der Waals surface area contributed by atoms with Crippen LogP contribution in [0, 0.1) is 11.8 Å². The molecule has 0 N–H and O–H groups in total. The zero-order valence-electron chi connectivity index (χ0n) is 23.3. The first-order valence-corrected chi connectivity index (χ1v) is 14.0. The van der Waals surface area contributed by atoms with Gasteiger partial charge in [0.1, 0.15) is 28.8 Å². The van der Waals surface area contributed by atoms with Gasteiger partial charge in [0.05, 0.1) is 13.4 Å². The number of likely N-dealkylation sites (tertiary alicyclic amines) is 1. The lowest BCUT2D eigenvalue weighted by atomic mass is 9.85. The Morgan fingerprint density at radius 1 is 1.03 bits per heavy atom. The van der Waals surface area contributed by atoms with Gasteiger partial charge in [-0.3, -0.25) is 4.57 Å². The van der Waals surface area contributed by atoms with Gasteiger partial charge in [0, 0.05) is 38.3 Å². The van der Waals surface area contributed by atoms with Crippen molar-refractivity contribution in [2.45, 2.75) is 58.3 Å². The lowest BCUT2D eigenvalue weighted by molar-refractivity contribution is -0.0298. The van der Waals surface area contributed by atoms with Crippen molar-refractivity contribution in [3.8, 4) is 17.0 Å². The van der Waals surface area contributed by atoms with Gasteiger partial charge >= 0.3 is 6.09 Å². The van der Waals surface area contributed by atoms with Crippen LogP contribution in [0.4, 0.5) is 10.7 Å². The molecule has 2 bridgehead atoms. The first kappa shape index (κ1) is 25.9. The van der Waals surface area contributed by atoms with Gasteiger partial charge in [0.25, 0.3) is 0 Å². The molecule has 3 fully saturated rings. The molecule has 1 amide bonds. The summed E-state index contributed by atoms with van der Waals surface area (Å²) >= 11 is 0. The molecular weight excluding hydrogens is 496 g/mol. The van der Waals surface area contributed by atoms with Gasteiger partial charge < -0.3 is 24.0 Å². The van der Waals surface area contributed by atoms with Crippen molar-refractivity contribution in [3.05, 3.63) is 30.6 Å². The minimum absolute atomic E-state index is 0.0710. The molecule has 2 aromatic heterocycles. The lowest BCUT2D eigenvalue weighted by Gasteiger charge is -2.45. The predicted octanol–water partition coefficient (Wildman–Crippen LogP) is 4.89. The van der Waals surface area contributed by atoms with Crippen LogP contribution in [0.15, 0.2) is 30.6 Å². The molecule has 3 unspecified atom stereocenters. The molecule has 0 saturated carbocycles. The van der Waals surface area contributed by atoms with Crippen molar-refractivity contribution in [1.29, 1.82) is 0 Å². The highest BCUT2D eigenvalue weighted by Crippen LogP contribution is 2.35. The van der Waals surface area contributed by atoms with Crippen LogP contribution >= 0.6 is 0 Å². The molecular formula is C29H38N6O4. The maximum absolute atomic E-state index is 12.8. The van der Waals surface area contributed by atoms with E-state index >= 15 is 0 Å². The number of aromatic nitrogens is 4. The van der Waals surface area contributed by atoms with Gasteiger partial charge in [-0.15, -0.1) is 0 Å². The number of hydrogen-bond acceptors (Lipinski definition) is 8. The second-order valence-electron chi connectivity index (χ2n) is 12.0. The number of rotatable bonds is 4. The molecule has 6 rings (SSSR count). The second kappa shape index (κ2) is 10.3. The zero-order valence-corrected chi connectivity index (χ0v) is 23.3. The number of piperidine rings is 2. The largest absolute Gasteiger partial charge is 0.497 e. The molecule has 208 valence electrons. The van der Waals surface area contributed by atoms with Crippen molar-refractivity contribution in [2.75, 3.05) is 44.8 Å². The topological polar surface area (TPSA) is 94.8 Å². The first-order chi connectivity index (χ1) is 18.8. The van der Waals surface area contributed by atoms with Crippen molar-refractivity contribution in [3.63, 3.8) is 0 Å². The van der Waals surface area contributed by atoms with Crippen molar-refractivity contribution in [1.82, 2.24) is 24.4 Å². The molecule has 0 spiro atoms. The number of benzene rings is 1. The van der Waals surface area contributed by atoms with E-state index in [1.807, 2.05) is 56.3 Å². The standard InChI is InChI=1S/C29H38N6O4/c1-29(2,3)39-28(36)34-16-19-13-20(17-34)15-33(14-19)27-31-24(21-8-10-22(37-4)11-9-21)25-26(32-27)35(18-30-25)23-7-5-6-12-38-23/h8-11,18-20,23H,5-7,12-17H2,1-4H3. The minimum Gasteiger partial charge on any atom is -0.497 e. The SMILES string of the molecule is COc1ccc(-c2nc(N3CC4CC(CN(C(=O)OC(C)(C)C)C4)C3)nc3c2ncn3C2CCCCO2)cc1. The van der Waals surface area contributed by atoms with Crippen LogP contribution in [-0.4, -0.2) is 76.0 Å². The molecule has 0 aliphatic carbocycles. The number of carbonyl (C=O) groups is 1. The molecule has 3 atom stereocenters. The van der Waals surface area contributed by atoms with Gasteiger partial charge in [-0.2, -0.15) is 4.98 Å². The molecule has 1 aromatic carbocycles. The Balaban J connectivity index is 1.33. The Bertz CT molecular complexity index is 1310. The molecule has 5 heterocycles. The quantitative estimate of drug-likeness (QED) is 0.467. The van der Waals surface area contributed by atoms with Crippen LogP contribution in [0.3, 0.4) is 0 Å². The molecule has 39 heavy (non-hydrogen) atoms. The maximum atomic E-state index is 12.8. The smallest absolute Gasteiger partial charge is 0.410 e. The van der Waals surface area contributed by atoms with E-state index in [0.717, 1.165) is 73.6 Å². The third-order valence-corrected chi connectivity index (χ3v) is 7.75. The fraction of sp³-hybridized carbons (Fsp3) is 0.586. The van der Waals surface area contributed by atoms with Crippen LogP contribution < -0.4 is 9.64 Å². The summed E-state index contributed by atoms with van der Waals surface area (Å²) in [6.07, 6.45) is 5.79. The van der Waals surface area contributed by atoms with Crippen molar-refractivity contribution < 1.29 is 19.0 Å². The zero-order chi connectivity index (χ0) is 27.1. The minimum atomic E-state index is -0.498. The Labute approximate surface area is 229 Å². The lowest BCUT2D eigenvalue weighted by Crippen LogP contribution is -2.55. The molecule has 3 aromatic rings. The summed E-state index contributed by atoms with van der Waals surface area (Å²) in [4.78, 5) is 31.9. The molecule has 10 heteroatoms. The Hall–Kier alpha value is -3.40. The highest BCUT2D eigenvalue weighted by molar-refractivity contribution is 5.88. The number of anilines is 1. The Kier molecular flexibility index (Phi) is 6.82. The average Bonchev–Trinajstić information content (AvgIpc) is 3.36. The molecule has 0 radical (unpaired) electrons. The van der Waals surface area contributed by atoms with Gasteiger partial charge in [-0.05, 0) is 82.6 Å². The van der Waals surface area contributed by atoms with E-state index in [9.17, 15) is 4.79 Å². The summed E-state index contributed by atoms with van der Waals surface area (Å²) in [5.74, 6) is 2.16. The number of imidazole rings is 1. The molecule has 10 nitrogen and oxygen atoms in total. The number of nitrogens with zero attached hydrogens (tertiary/aromatic N) is 6. The number of carbonyl (C=O) groups excluding carboxylic acids is 1. The van der Waals surface area contributed by atoms with Gasteiger partial charge in [-0.25, -0.2) is 14.8 Å². The molecule has 3 aliphatic heterocycles. The fourth-order valence-electron chi connectivity index (χ4n) is 6.07. The van der Waals surface area contributed by atoms with Crippen LogP contribution in [-0.2, 0) is 9.47 Å². The highest BCUT2D eigenvalue weighted by Gasteiger charge is 2.38. The summed E-state index contributed by atoms with van der Waals surface area (Å²) in [5, 5.41) is 0. The summed E-state index contributed by atoms with van der Waals surface area (Å²) in [7, 11) is 1.67. The van der Waals surface area contributed by atoms with Gasteiger partial charge in [0.15, 0.2) is 5.65 Å². The third kappa shape index (κ3) is 5.39. The van der Waals surface area contributed by atoms with E-state index in [0.29, 0.717) is 30.9 Å². The monoisotopic (exact) mass is 534 g/mol. The van der Waals surface area contributed by atoms with E-state index < -0.39 is 5.60 Å². The Morgan fingerprint density at radius 3 is 2.41 bits per heavy atom. The third-order valence-electron chi connectivity index (χ3n) is 7.75. The Morgan fingerprint density at radius 2 is 1.77 bits per heavy atom. The van der Waals surface area contributed by atoms with Crippen molar-refractivity contribution in [2.24, 2.45) is 11.8 Å². The fourth-order valence-corrected chi connectivity index (χ4v) is 6.07. The van der Waals surface area contributed by atoms with Crippen LogP contribution in [0.2, 0.25) is 0 Å². The van der Waals surface area contributed by atoms with E-state index in [-0.39, 0.29) is 12.3 Å². The van der Waals surface area contributed by atoms with E-state index in [1.165, 1.54) is 0 Å². The van der Waals surface area contributed by atoms with Crippen LogP contribution in [0.1, 0.15) is 52.7 Å². The summed E-state index contributed by atoms with van der Waals surface area (Å²) in [5.41, 5.74) is 2.84. The summed E-state index contributed by atoms with van der Waals surface area (Å²) in [6, 6.07) is 7.93. The predicted molar refractivity (Wildman–Crippen MR) is 148 cm³/mol. The average molecular weight is 535 g/mol.